The van der Waals surface area contributed by atoms with Gasteiger partial charge in [0.05, 0.1) is 4.75 Å². The molecular weight excluding hydrogens is 398 g/mol. The van der Waals surface area contributed by atoms with Gasteiger partial charge in [-0.1, -0.05) is 18.2 Å². The van der Waals surface area contributed by atoms with Gasteiger partial charge in [0, 0.05) is 29.0 Å². The van der Waals surface area contributed by atoms with Crippen LogP contribution < -0.4 is 15.4 Å². The third-order valence-corrected chi connectivity index (χ3v) is 7.70. The molecule has 1 amide bonds. The van der Waals surface area contributed by atoms with Crippen molar-refractivity contribution in [3.63, 3.8) is 0 Å². The van der Waals surface area contributed by atoms with Crippen molar-refractivity contribution in [2.75, 3.05) is 10.6 Å². The first-order valence-electron chi connectivity index (χ1n) is 10.4. The zero-order chi connectivity index (χ0) is 21.8. The summed E-state index contributed by atoms with van der Waals surface area (Å²) in [6.45, 7) is 5.07. The molecule has 3 rings (SSSR count). The highest BCUT2D eigenvalue weighted by Gasteiger charge is 2.34. The van der Waals surface area contributed by atoms with Crippen molar-refractivity contribution in [2.24, 2.45) is 5.92 Å². The number of nitrogens with one attached hydrogen (secondary N) is 3. The van der Waals surface area contributed by atoms with E-state index in [1.807, 2.05) is 54.6 Å². The fourth-order valence-corrected chi connectivity index (χ4v) is 4.47. The number of sulfonamides is 1. The largest absolute Gasteiger partial charge is 0.356 e. The smallest absolute Gasteiger partial charge is 0.227 e. The van der Waals surface area contributed by atoms with Crippen LogP contribution in [-0.2, 0) is 14.8 Å². The van der Waals surface area contributed by atoms with E-state index in [1.165, 1.54) is 0 Å². The summed E-state index contributed by atoms with van der Waals surface area (Å²) in [4.78, 5) is 12.6. The minimum Gasteiger partial charge on any atom is -0.356 e. The van der Waals surface area contributed by atoms with Crippen molar-refractivity contribution in [3.05, 3.63) is 54.6 Å². The summed E-state index contributed by atoms with van der Waals surface area (Å²) < 4.78 is 26.6. The summed E-state index contributed by atoms with van der Waals surface area (Å²) in [5.41, 5.74) is 2.72. The van der Waals surface area contributed by atoms with Crippen molar-refractivity contribution < 1.29 is 13.2 Å². The van der Waals surface area contributed by atoms with Crippen molar-refractivity contribution >= 4 is 33.0 Å². The zero-order valence-corrected chi connectivity index (χ0v) is 18.6. The number of carbonyl (C=O) groups excluding carboxylic acids is 1. The van der Waals surface area contributed by atoms with Gasteiger partial charge in [-0.2, -0.15) is 0 Å². The minimum atomic E-state index is -3.37. The molecule has 0 atom stereocenters. The molecule has 3 N–H and O–H groups in total. The van der Waals surface area contributed by atoms with Gasteiger partial charge in [-0.25, -0.2) is 13.1 Å². The van der Waals surface area contributed by atoms with Gasteiger partial charge in [0.15, 0.2) is 0 Å². The molecule has 2 aromatic rings. The van der Waals surface area contributed by atoms with E-state index >= 15 is 0 Å². The standard InChI is InChI=1S/C23H31N3O3S/c1-23(2,3)30(28,29)26-21-11-9-17(10-12-21)22(27)25-20-15-13-19(14-16-20)24-18-7-5-4-6-8-18/h4-8,13-17,21,24,26H,9-12H2,1-3H3,(H,25,27)/t17-,21-. The second kappa shape index (κ2) is 9.18. The van der Waals surface area contributed by atoms with Crippen LogP contribution in [0.3, 0.4) is 0 Å². The zero-order valence-electron chi connectivity index (χ0n) is 17.8. The van der Waals surface area contributed by atoms with E-state index in [2.05, 4.69) is 15.4 Å². The van der Waals surface area contributed by atoms with Crippen LogP contribution in [0.4, 0.5) is 17.1 Å². The molecule has 0 radical (unpaired) electrons. The van der Waals surface area contributed by atoms with Crippen molar-refractivity contribution in [1.29, 1.82) is 0 Å². The summed E-state index contributed by atoms with van der Waals surface area (Å²) in [5, 5.41) is 6.30. The highest BCUT2D eigenvalue weighted by Crippen LogP contribution is 2.28. The Bertz CT molecular complexity index is 943. The van der Waals surface area contributed by atoms with Crippen molar-refractivity contribution in [3.8, 4) is 0 Å². The molecule has 1 fully saturated rings. The number of amides is 1. The van der Waals surface area contributed by atoms with Crippen molar-refractivity contribution in [1.82, 2.24) is 4.72 Å². The number of carbonyl (C=O) groups is 1. The number of benzene rings is 2. The van der Waals surface area contributed by atoms with Gasteiger partial charge < -0.3 is 10.6 Å². The summed E-state index contributed by atoms with van der Waals surface area (Å²) in [5.74, 6) is -0.0987. The molecule has 0 aliphatic heterocycles. The lowest BCUT2D eigenvalue weighted by atomic mass is 9.86. The highest BCUT2D eigenvalue weighted by atomic mass is 32.2. The van der Waals surface area contributed by atoms with Gasteiger partial charge in [0.25, 0.3) is 0 Å². The molecule has 0 heterocycles. The molecule has 0 saturated heterocycles. The monoisotopic (exact) mass is 429 g/mol. The van der Waals surface area contributed by atoms with Gasteiger partial charge in [0.1, 0.15) is 0 Å². The van der Waals surface area contributed by atoms with Crippen LogP contribution in [0.1, 0.15) is 46.5 Å². The van der Waals surface area contributed by atoms with E-state index in [9.17, 15) is 13.2 Å². The van der Waals surface area contributed by atoms with Crippen LogP contribution in [0.5, 0.6) is 0 Å². The molecule has 1 aliphatic rings. The topological polar surface area (TPSA) is 87.3 Å². The second-order valence-electron chi connectivity index (χ2n) is 8.84. The first-order valence-corrected chi connectivity index (χ1v) is 11.9. The molecular formula is C23H31N3O3S. The Hall–Kier alpha value is -2.38. The fraction of sp³-hybridized carbons (Fsp3) is 0.435. The Morgan fingerprint density at radius 3 is 1.93 bits per heavy atom. The quantitative estimate of drug-likeness (QED) is 0.624. The Morgan fingerprint density at radius 1 is 0.833 bits per heavy atom. The van der Waals surface area contributed by atoms with E-state index in [4.69, 9.17) is 0 Å². The molecule has 30 heavy (non-hydrogen) atoms. The average Bonchev–Trinajstić information content (AvgIpc) is 2.70. The molecule has 7 heteroatoms. The second-order valence-corrected chi connectivity index (χ2v) is 11.3. The number of anilines is 3. The molecule has 6 nitrogen and oxygen atoms in total. The Morgan fingerprint density at radius 2 is 1.37 bits per heavy atom. The lowest BCUT2D eigenvalue weighted by molar-refractivity contribution is -0.120. The maximum Gasteiger partial charge on any atom is 0.227 e. The SMILES string of the molecule is CC(C)(C)S(=O)(=O)N[C@H]1CC[C@H](C(=O)Nc2ccc(Nc3ccccc3)cc2)CC1. The minimum absolute atomic E-state index is 0.00380. The third kappa shape index (κ3) is 5.83. The fourth-order valence-electron chi connectivity index (χ4n) is 3.44. The van der Waals surface area contributed by atoms with E-state index < -0.39 is 14.8 Å². The van der Waals surface area contributed by atoms with Gasteiger partial charge in [-0.15, -0.1) is 0 Å². The van der Waals surface area contributed by atoms with Crippen LogP contribution in [-0.4, -0.2) is 25.1 Å². The summed E-state index contributed by atoms with van der Waals surface area (Å²) >= 11 is 0. The lowest BCUT2D eigenvalue weighted by Gasteiger charge is -2.30. The predicted molar refractivity (Wildman–Crippen MR) is 122 cm³/mol. The van der Waals surface area contributed by atoms with Gasteiger partial charge in [0.2, 0.25) is 15.9 Å². The van der Waals surface area contributed by atoms with Crippen LogP contribution in [0.2, 0.25) is 0 Å². The summed E-state index contributed by atoms with van der Waals surface area (Å²) in [6, 6.07) is 17.4. The number of hydrogen-bond donors (Lipinski definition) is 3. The van der Waals surface area contributed by atoms with E-state index in [0.717, 1.165) is 17.1 Å². The van der Waals surface area contributed by atoms with Crippen molar-refractivity contribution in [2.45, 2.75) is 57.2 Å². The number of hydrogen-bond acceptors (Lipinski definition) is 4. The average molecular weight is 430 g/mol. The third-order valence-electron chi connectivity index (χ3n) is 5.44. The van der Waals surface area contributed by atoms with Crippen LogP contribution in [0.25, 0.3) is 0 Å². The van der Waals surface area contributed by atoms with E-state index in [0.29, 0.717) is 25.7 Å². The predicted octanol–water partition coefficient (Wildman–Crippen LogP) is 4.65. The van der Waals surface area contributed by atoms with Crippen LogP contribution >= 0.6 is 0 Å². The maximum atomic E-state index is 12.6. The normalized spacial score (nSPS) is 19.8. The molecule has 1 aliphatic carbocycles. The number of para-hydroxylation sites is 1. The van der Waals surface area contributed by atoms with Gasteiger partial charge in [-0.3, -0.25) is 4.79 Å². The van der Waals surface area contributed by atoms with Crippen LogP contribution in [0.15, 0.2) is 54.6 Å². The van der Waals surface area contributed by atoms with Crippen LogP contribution in [0, 0.1) is 5.92 Å². The van der Waals surface area contributed by atoms with E-state index in [-0.39, 0.29) is 17.9 Å². The first-order chi connectivity index (χ1) is 14.1. The van der Waals surface area contributed by atoms with Gasteiger partial charge >= 0.3 is 0 Å². The summed E-state index contributed by atoms with van der Waals surface area (Å²) in [6.07, 6.45) is 2.70. The Labute approximate surface area is 179 Å². The maximum absolute atomic E-state index is 12.6. The molecule has 0 aromatic heterocycles. The highest BCUT2D eigenvalue weighted by molar-refractivity contribution is 7.90. The lowest BCUT2D eigenvalue weighted by Crippen LogP contribution is -2.46. The first kappa shape index (κ1) is 22.3. The molecule has 0 spiro atoms. The van der Waals surface area contributed by atoms with Gasteiger partial charge in [-0.05, 0) is 82.9 Å². The molecule has 0 unspecified atom stereocenters. The molecule has 162 valence electrons. The molecule has 1 saturated carbocycles. The van der Waals surface area contributed by atoms with E-state index in [1.54, 1.807) is 20.8 Å². The number of rotatable bonds is 6. The Kier molecular flexibility index (Phi) is 6.83. The summed E-state index contributed by atoms with van der Waals surface area (Å²) in [7, 11) is -3.37. The molecule has 2 aromatic carbocycles. The Balaban J connectivity index is 1.49. The molecule has 0 bridgehead atoms.